The molecule has 0 unspecified atom stereocenters. The van der Waals surface area contributed by atoms with E-state index in [0.717, 1.165) is 4.90 Å². The van der Waals surface area contributed by atoms with Crippen LogP contribution in [0.4, 0.5) is 11.4 Å². The van der Waals surface area contributed by atoms with Crippen LogP contribution in [0.5, 0.6) is 5.75 Å². The highest BCUT2D eigenvalue weighted by Crippen LogP contribution is 2.25. The van der Waals surface area contributed by atoms with Crippen LogP contribution in [-0.4, -0.2) is 24.7 Å². The first-order chi connectivity index (χ1) is 14.4. The van der Waals surface area contributed by atoms with E-state index in [9.17, 15) is 9.59 Å². The van der Waals surface area contributed by atoms with Crippen LogP contribution in [0.25, 0.3) is 0 Å². The van der Waals surface area contributed by atoms with Crippen molar-refractivity contribution in [1.29, 1.82) is 0 Å². The third-order valence-electron chi connectivity index (χ3n) is 3.96. The highest BCUT2D eigenvalue weighted by Gasteiger charge is 2.09. The van der Waals surface area contributed by atoms with Gasteiger partial charge in [-0.3, -0.25) is 9.59 Å². The molecule has 0 fully saturated rings. The Kier molecular flexibility index (Phi) is 7.63. The van der Waals surface area contributed by atoms with Gasteiger partial charge in [-0.1, -0.05) is 29.3 Å². The Morgan fingerprint density at radius 3 is 2.27 bits per heavy atom. The van der Waals surface area contributed by atoms with Crippen LogP contribution in [0.15, 0.2) is 71.6 Å². The molecule has 30 heavy (non-hydrogen) atoms. The van der Waals surface area contributed by atoms with Crippen LogP contribution >= 0.6 is 35.0 Å². The highest BCUT2D eigenvalue weighted by molar-refractivity contribution is 8.00. The average molecular weight is 461 g/mol. The minimum Gasteiger partial charge on any atom is -0.497 e. The number of amides is 2. The van der Waals surface area contributed by atoms with Gasteiger partial charge in [0.1, 0.15) is 5.75 Å². The lowest BCUT2D eigenvalue weighted by atomic mass is 10.2. The zero-order valence-electron chi connectivity index (χ0n) is 15.9. The minimum absolute atomic E-state index is 0.189. The summed E-state index contributed by atoms with van der Waals surface area (Å²) >= 11 is 13.2. The van der Waals surface area contributed by atoms with Crippen LogP contribution in [0, 0.1) is 0 Å². The van der Waals surface area contributed by atoms with E-state index in [1.807, 2.05) is 18.2 Å². The van der Waals surface area contributed by atoms with Gasteiger partial charge in [-0.2, -0.15) is 0 Å². The van der Waals surface area contributed by atoms with E-state index in [1.165, 1.54) is 11.8 Å². The predicted molar refractivity (Wildman–Crippen MR) is 123 cm³/mol. The van der Waals surface area contributed by atoms with Gasteiger partial charge in [0, 0.05) is 31.9 Å². The average Bonchev–Trinajstić information content (AvgIpc) is 2.72. The van der Waals surface area contributed by atoms with Gasteiger partial charge >= 0.3 is 0 Å². The Bertz CT molecular complexity index is 1040. The maximum atomic E-state index is 12.4. The number of ether oxygens (including phenoxy) is 1. The van der Waals surface area contributed by atoms with E-state index >= 15 is 0 Å². The van der Waals surface area contributed by atoms with Crippen LogP contribution in [-0.2, 0) is 4.79 Å². The SMILES string of the molecule is COc1ccc(C(=O)Nc2cccc(SCC(=O)Nc3cc(Cl)cc(Cl)c3)c2)cc1. The van der Waals surface area contributed by atoms with E-state index in [0.29, 0.717) is 32.7 Å². The Hall–Kier alpha value is -2.67. The van der Waals surface area contributed by atoms with Gasteiger partial charge in [0.15, 0.2) is 0 Å². The first-order valence-corrected chi connectivity index (χ1v) is 10.6. The number of hydrogen-bond donors (Lipinski definition) is 2. The molecular formula is C22H18Cl2N2O3S. The summed E-state index contributed by atoms with van der Waals surface area (Å²) < 4.78 is 5.10. The zero-order valence-corrected chi connectivity index (χ0v) is 18.3. The lowest BCUT2D eigenvalue weighted by Gasteiger charge is -2.09. The summed E-state index contributed by atoms with van der Waals surface area (Å²) in [5.74, 6) is 0.463. The Morgan fingerprint density at radius 1 is 0.900 bits per heavy atom. The number of anilines is 2. The summed E-state index contributed by atoms with van der Waals surface area (Å²) in [5.41, 5.74) is 1.70. The van der Waals surface area contributed by atoms with Gasteiger partial charge in [-0.15, -0.1) is 11.8 Å². The van der Waals surface area contributed by atoms with Crippen molar-refractivity contribution in [3.63, 3.8) is 0 Å². The summed E-state index contributed by atoms with van der Waals surface area (Å²) in [4.78, 5) is 25.5. The monoisotopic (exact) mass is 460 g/mol. The molecule has 2 amide bonds. The van der Waals surface area contributed by atoms with Crippen LogP contribution in [0.2, 0.25) is 10.0 Å². The van der Waals surface area contributed by atoms with Gasteiger partial charge in [-0.25, -0.2) is 0 Å². The molecule has 5 nitrogen and oxygen atoms in total. The maximum Gasteiger partial charge on any atom is 0.255 e. The molecule has 0 aliphatic rings. The molecule has 3 aromatic carbocycles. The molecule has 0 bridgehead atoms. The zero-order chi connectivity index (χ0) is 21.5. The fourth-order valence-corrected chi connectivity index (χ4v) is 3.86. The standard InChI is InChI=1S/C22H18Cl2N2O3S/c1-29-19-7-5-14(6-8-19)22(28)26-17-3-2-4-20(12-17)30-13-21(27)25-18-10-15(23)9-16(24)11-18/h2-12H,13H2,1H3,(H,25,27)(H,26,28). The third kappa shape index (κ3) is 6.42. The number of methoxy groups -OCH3 is 1. The van der Waals surface area contributed by atoms with Crippen LogP contribution in [0.3, 0.4) is 0 Å². The van der Waals surface area contributed by atoms with E-state index in [-0.39, 0.29) is 17.6 Å². The summed E-state index contributed by atoms with van der Waals surface area (Å²) in [6.45, 7) is 0. The predicted octanol–water partition coefficient (Wildman–Crippen LogP) is 5.99. The van der Waals surface area contributed by atoms with Crippen molar-refractivity contribution >= 4 is 58.2 Å². The molecular weight excluding hydrogens is 443 g/mol. The summed E-state index contributed by atoms with van der Waals surface area (Å²) in [6.07, 6.45) is 0. The number of thioether (sulfide) groups is 1. The van der Waals surface area contributed by atoms with Crippen molar-refractivity contribution in [2.45, 2.75) is 4.90 Å². The molecule has 3 rings (SSSR count). The lowest BCUT2D eigenvalue weighted by molar-refractivity contribution is -0.113. The van der Waals surface area contributed by atoms with E-state index in [4.69, 9.17) is 27.9 Å². The summed E-state index contributed by atoms with van der Waals surface area (Å²) in [5, 5.41) is 6.52. The number of carbonyl (C=O) groups excluding carboxylic acids is 2. The second-order valence-electron chi connectivity index (χ2n) is 6.21. The van der Waals surface area contributed by atoms with Gasteiger partial charge in [0.25, 0.3) is 5.91 Å². The van der Waals surface area contributed by atoms with E-state index in [1.54, 1.807) is 55.6 Å². The number of rotatable bonds is 7. The molecule has 0 aromatic heterocycles. The fraction of sp³-hybridized carbons (Fsp3) is 0.0909. The van der Waals surface area contributed by atoms with Crippen LogP contribution in [0.1, 0.15) is 10.4 Å². The Balaban J connectivity index is 1.56. The molecule has 0 saturated carbocycles. The Labute approximate surface area is 188 Å². The molecule has 0 aliphatic heterocycles. The molecule has 0 atom stereocenters. The van der Waals surface area contributed by atoms with Gasteiger partial charge in [0.05, 0.1) is 12.9 Å². The number of hydrogen-bond acceptors (Lipinski definition) is 4. The first-order valence-electron chi connectivity index (χ1n) is 8.87. The fourth-order valence-electron chi connectivity index (χ4n) is 2.58. The molecule has 0 aliphatic carbocycles. The van der Waals surface area contributed by atoms with Crippen molar-refractivity contribution in [3.8, 4) is 5.75 Å². The van der Waals surface area contributed by atoms with Gasteiger partial charge in [0.2, 0.25) is 5.91 Å². The molecule has 2 N–H and O–H groups in total. The van der Waals surface area contributed by atoms with Crippen molar-refractivity contribution in [3.05, 3.63) is 82.3 Å². The van der Waals surface area contributed by atoms with Crippen molar-refractivity contribution in [2.24, 2.45) is 0 Å². The molecule has 0 radical (unpaired) electrons. The minimum atomic E-state index is -0.226. The largest absolute Gasteiger partial charge is 0.497 e. The van der Waals surface area contributed by atoms with E-state index in [2.05, 4.69) is 10.6 Å². The van der Waals surface area contributed by atoms with Crippen molar-refractivity contribution < 1.29 is 14.3 Å². The molecule has 0 spiro atoms. The third-order valence-corrected chi connectivity index (χ3v) is 5.39. The van der Waals surface area contributed by atoms with E-state index < -0.39 is 0 Å². The first kappa shape index (κ1) is 22.0. The maximum absolute atomic E-state index is 12.4. The molecule has 0 saturated heterocycles. The van der Waals surface area contributed by atoms with Crippen LogP contribution < -0.4 is 15.4 Å². The summed E-state index contributed by atoms with van der Waals surface area (Å²) in [7, 11) is 1.57. The van der Waals surface area contributed by atoms with Crippen molar-refractivity contribution in [2.75, 3.05) is 23.5 Å². The quantitative estimate of drug-likeness (QED) is 0.425. The number of nitrogens with one attached hydrogen (secondary N) is 2. The summed E-state index contributed by atoms with van der Waals surface area (Å²) in [6, 6.07) is 19.0. The smallest absolute Gasteiger partial charge is 0.255 e. The topological polar surface area (TPSA) is 67.4 Å². The molecule has 3 aromatic rings. The van der Waals surface area contributed by atoms with Gasteiger partial charge in [-0.05, 0) is 60.7 Å². The van der Waals surface area contributed by atoms with Crippen molar-refractivity contribution in [1.82, 2.24) is 0 Å². The molecule has 154 valence electrons. The molecule has 0 heterocycles. The molecule has 8 heteroatoms. The second-order valence-corrected chi connectivity index (χ2v) is 8.13. The number of benzene rings is 3. The normalized spacial score (nSPS) is 10.4. The second kappa shape index (κ2) is 10.4. The highest BCUT2D eigenvalue weighted by atomic mass is 35.5. The lowest BCUT2D eigenvalue weighted by Crippen LogP contribution is -2.14. The Morgan fingerprint density at radius 2 is 1.60 bits per heavy atom. The van der Waals surface area contributed by atoms with Gasteiger partial charge < -0.3 is 15.4 Å². The number of halogens is 2. The number of carbonyl (C=O) groups is 2.